The average Bonchev–Trinajstić information content (AvgIpc) is 2.33. The first-order valence-electron chi connectivity index (χ1n) is 5.18. The first-order chi connectivity index (χ1) is 8.58. The van der Waals surface area contributed by atoms with Gasteiger partial charge < -0.3 is 10.5 Å². The fraction of sp³-hybridized carbons (Fsp3) is 0.0769. The number of rotatable bonds is 3. The van der Waals surface area contributed by atoms with E-state index in [1.807, 2.05) is 0 Å². The van der Waals surface area contributed by atoms with Gasteiger partial charge in [-0.2, -0.15) is 0 Å². The van der Waals surface area contributed by atoms with Gasteiger partial charge >= 0.3 is 0 Å². The zero-order valence-corrected chi connectivity index (χ0v) is 10.0. The second kappa shape index (κ2) is 5.23. The van der Waals surface area contributed by atoms with E-state index in [-0.39, 0.29) is 28.6 Å². The van der Waals surface area contributed by atoms with Crippen molar-refractivity contribution in [3.63, 3.8) is 0 Å². The van der Waals surface area contributed by atoms with Crippen LogP contribution >= 0.6 is 11.6 Å². The maximum Gasteiger partial charge on any atom is 0.149 e. The average molecular weight is 270 g/mol. The predicted molar refractivity (Wildman–Crippen MR) is 66.6 cm³/mol. The molecule has 2 aromatic rings. The molecule has 5 heteroatoms. The van der Waals surface area contributed by atoms with E-state index < -0.39 is 11.6 Å². The Morgan fingerprint density at radius 3 is 2.56 bits per heavy atom. The third-order valence-electron chi connectivity index (χ3n) is 2.42. The summed E-state index contributed by atoms with van der Waals surface area (Å²) in [7, 11) is 0. The Morgan fingerprint density at radius 2 is 1.89 bits per heavy atom. The molecule has 2 rings (SSSR count). The van der Waals surface area contributed by atoms with Gasteiger partial charge in [-0.3, -0.25) is 0 Å². The lowest BCUT2D eigenvalue weighted by Gasteiger charge is -2.09. The molecule has 2 N–H and O–H groups in total. The maximum atomic E-state index is 13.4. The molecule has 18 heavy (non-hydrogen) atoms. The maximum absolute atomic E-state index is 13.4. The zero-order valence-electron chi connectivity index (χ0n) is 9.29. The normalized spacial score (nSPS) is 10.4. The summed E-state index contributed by atoms with van der Waals surface area (Å²) in [6.07, 6.45) is 0. The highest BCUT2D eigenvalue weighted by atomic mass is 35.5. The van der Waals surface area contributed by atoms with Gasteiger partial charge in [-0.15, -0.1) is 0 Å². The molecule has 0 aliphatic carbocycles. The van der Waals surface area contributed by atoms with Gasteiger partial charge in [0.05, 0.1) is 10.7 Å². The fourth-order valence-electron chi connectivity index (χ4n) is 1.42. The third-order valence-corrected chi connectivity index (χ3v) is 2.77. The summed E-state index contributed by atoms with van der Waals surface area (Å²) in [5.74, 6) is -0.772. The third kappa shape index (κ3) is 2.71. The predicted octanol–water partition coefficient (Wildman–Crippen LogP) is 3.78. The molecule has 0 aliphatic heterocycles. The zero-order chi connectivity index (χ0) is 13.1. The van der Waals surface area contributed by atoms with E-state index in [2.05, 4.69) is 0 Å². The summed E-state index contributed by atoms with van der Waals surface area (Å²) < 4.78 is 31.9. The van der Waals surface area contributed by atoms with E-state index in [1.165, 1.54) is 24.3 Å². The molecule has 2 nitrogen and oxygen atoms in total. The van der Waals surface area contributed by atoms with Crippen LogP contribution in [-0.4, -0.2) is 0 Å². The van der Waals surface area contributed by atoms with Crippen LogP contribution < -0.4 is 10.5 Å². The van der Waals surface area contributed by atoms with Crippen LogP contribution in [0.3, 0.4) is 0 Å². The molecular formula is C13H10ClF2NO. The van der Waals surface area contributed by atoms with Crippen molar-refractivity contribution in [3.8, 4) is 5.75 Å². The molecule has 0 radical (unpaired) electrons. The van der Waals surface area contributed by atoms with E-state index >= 15 is 0 Å². The number of hydrogen-bond acceptors (Lipinski definition) is 2. The lowest BCUT2D eigenvalue weighted by molar-refractivity contribution is 0.298. The van der Waals surface area contributed by atoms with Gasteiger partial charge in [0, 0.05) is 11.6 Å². The van der Waals surface area contributed by atoms with Crippen molar-refractivity contribution in [1.29, 1.82) is 0 Å². The monoisotopic (exact) mass is 269 g/mol. The van der Waals surface area contributed by atoms with Crippen LogP contribution in [0, 0.1) is 11.6 Å². The van der Waals surface area contributed by atoms with E-state index in [9.17, 15) is 8.78 Å². The Balaban J connectivity index is 2.14. The minimum atomic E-state index is -0.577. The summed E-state index contributed by atoms with van der Waals surface area (Å²) in [4.78, 5) is 0. The Labute approximate surface area is 108 Å². The standard InChI is InChI=1S/C13H10ClF2NO/c14-10-2-1-3-11(15)9(10)7-18-8-4-5-13(17)12(16)6-8/h1-6H,7,17H2. The molecule has 0 heterocycles. The van der Waals surface area contributed by atoms with Gasteiger partial charge in [0.25, 0.3) is 0 Å². The summed E-state index contributed by atoms with van der Waals surface area (Å²) in [6, 6.07) is 8.38. The van der Waals surface area contributed by atoms with Crippen molar-refractivity contribution in [2.45, 2.75) is 6.61 Å². The van der Waals surface area contributed by atoms with Gasteiger partial charge in [-0.25, -0.2) is 8.78 Å². The summed E-state index contributed by atoms with van der Waals surface area (Å²) in [5.41, 5.74) is 5.60. The van der Waals surface area contributed by atoms with Crippen molar-refractivity contribution in [3.05, 3.63) is 58.6 Å². The Morgan fingerprint density at radius 1 is 1.11 bits per heavy atom. The molecule has 0 spiro atoms. The number of ether oxygens (including phenoxy) is 1. The van der Waals surface area contributed by atoms with Crippen LogP contribution in [-0.2, 0) is 6.61 Å². The van der Waals surface area contributed by atoms with Crippen LogP contribution in [0.5, 0.6) is 5.75 Å². The molecule has 0 atom stereocenters. The topological polar surface area (TPSA) is 35.2 Å². The summed E-state index contributed by atoms with van der Waals surface area (Å²) >= 11 is 5.84. The Hall–Kier alpha value is -1.81. The highest BCUT2D eigenvalue weighted by Gasteiger charge is 2.08. The van der Waals surface area contributed by atoms with Crippen LogP contribution in [0.2, 0.25) is 5.02 Å². The first kappa shape index (κ1) is 12.6. The van der Waals surface area contributed by atoms with E-state index in [0.29, 0.717) is 0 Å². The van der Waals surface area contributed by atoms with Crippen LogP contribution in [0.15, 0.2) is 36.4 Å². The van der Waals surface area contributed by atoms with Gasteiger partial charge in [0.2, 0.25) is 0 Å². The molecule has 0 aromatic heterocycles. The highest BCUT2D eigenvalue weighted by molar-refractivity contribution is 6.31. The second-order valence-electron chi connectivity index (χ2n) is 3.67. The number of anilines is 1. The van der Waals surface area contributed by atoms with Crippen LogP contribution in [0.25, 0.3) is 0 Å². The molecule has 0 saturated carbocycles. The quantitative estimate of drug-likeness (QED) is 0.861. The minimum Gasteiger partial charge on any atom is -0.489 e. The highest BCUT2D eigenvalue weighted by Crippen LogP contribution is 2.23. The van der Waals surface area contributed by atoms with Gasteiger partial charge in [0.15, 0.2) is 0 Å². The number of nitrogen functional groups attached to an aromatic ring is 1. The Kier molecular flexibility index (Phi) is 3.67. The molecular weight excluding hydrogens is 260 g/mol. The number of halogens is 3. The fourth-order valence-corrected chi connectivity index (χ4v) is 1.64. The minimum absolute atomic E-state index is 0.0336. The number of hydrogen-bond donors (Lipinski definition) is 1. The first-order valence-corrected chi connectivity index (χ1v) is 5.56. The molecule has 0 aliphatic rings. The molecule has 94 valence electrons. The summed E-state index contributed by atoms with van der Waals surface area (Å²) in [6.45, 7) is -0.0745. The molecule has 0 saturated heterocycles. The van der Waals surface area contributed by atoms with E-state index in [1.54, 1.807) is 6.07 Å². The second-order valence-corrected chi connectivity index (χ2v) is 4.08. The van der Waals surface area contributed by atoms with Crippen LogP contribution in [0.1, 0.15) is 5.56 Å². The van der Waals surface area contributed by atoms with E-state index in [4.69, 9.17) is 22.1 Å². The van der Waals surface area contributed by atoms with E-state index in [0.717, 1.165) is 6.07 Å². The van der Waals surface area contributed by atoms with Gasteiger partial charge in [-0.05, 0) is 24.3 Å². The number of benzene rings is 2. The van der Waals surface area contributed by atoms with Crippen molar-refractivity contribution in [2.75, 3.05) is 5.73 Å². The number of nitrogens with two attached hydrogens (primary N) is 1. The molecule has 0 bridgehead atoms. The van der Waals surface area contributed by atoms with Gasteiger partial charge in [-0.1, -0.05) is 17.7 Å². The van der Waals surface area contributed by atoms with Gasteiger partial charge in [0.1, 0.15) is 24.0 Å². The summed E-state index contributed by atoms with van der Waals surface area (Å²) in [5, 5.41) is 0.269. The molecule has 0 fully saturated rings. The molecule has 0 amide bonds. The Bertz CT molecular complexity index is 555. The lowest BCUT2D eigenvalue weighted by Crippen LogP contribution is -2.00. The lowest BCUT2D eigenvalue weighted by atomic mass is 10.2. The molecule has 2 aromatic carbocycles. The van der Waals surface area contributed by atoms with Crippen molar-refractivity contribution in [1.82, 2.24) is 0 Å². The van der Waals surface area contributed by atoms with Crippen molar-refractivity contribution in [2.24, 2.45) is 0 Å². The van der Waals surface area contributed by atoms with Crippen molar-refractivity contribution < 1.29 is 13.5 Å². The SMILES string of the molecule is Nc1ccc(OCc2c(F)cccc2Cl)cc1F. The van der Waals surface area contributed by atoms with Crippen molar-refractivity contribution >= 4 is 17.3 Å². The largest absolute Gasteiger partial charge is 0.489 e. The smallest absolute Gasteiger partial charge is 0.149 e. The molecule has 0 unspecified atom stereocenters. The van der Waals surface area contributed by atoms with Crippen LogP contribution in [0.4, 0.5) is 14.5 Å².